The molecule has 1 atom stereocenters. The van der Waals surface area contributed by atoms with Crippen LogP contribution in [0.4, 0.5) is 0 Å². The van der Waals surface area contributed by atoms with E-state index in [1.807, 2.05) is 0 Å². The summed E-state index contributed by atoms with van der Waals surface area (Å²) >= 11 is 3.48. The molecule has 18 heavy (non-hydrogen) atoms. The molecule has 1 N–H and O–H groups in total. The fourth-order valence-electron chi connectivity index (χ4n) is 2.88. The van der Waals surface area contributed by atoms with Crippen molar-refractivity contribution >= 4 is 26.0 Å². The molecule has 0 radical (unpaired) electrons. The molecule has 1 heterocycles. The Hall–Kier alpha value is 0.350. The highest BCUT2D eigenvalue weighted by Crippen LogP contribution is 2.30. The predicted octanol–water partition coefficient (Wildman–Crippen LogP) is 2.18. The molecular formula is C12H22BrNO3S. The van der Waals surface area contributed by atoms with Crippen molar-refractivity contribution in [3.8, 4) is 0 Å². The van der Waals surface area contributed by atoms with Gasteiger partial charge in [0.25, 0.3) is 0 Å². The van der Waals surface area contributed by atoms with Gasteiger partial charge in [-0.2, -0.15) is 0 Å². The van der Waals surface area contributed by atoms with Gasteiger partial charge in [-0.05, 0) is 25.7 Å². The van der Waals surface area contributed by atoms with Crippen molar-refractivity contribution < 1.29 is 13.2 Å². The highest BCUT2D eigenvalue weighted by atomic mass is 79.9. The molecule has 0 bridgehead atoms. The van der Waals surface area contributed by atoms with Gasteiger partial charge in [0.1, 0.15) is 0 Å². The van der Waals surface area contributed by atoms with Gasteiger partial charge in [-0.1, -0.05) is 35.2 Å². The third-order valence-electron chi connectivity index (χ3n) is 3.87. The van der Waals surface area contributed by atoms with Crippen molar-refractivity contribution in [2.75, 3.05) is 17.7 Å². The second kappa shape index (κ2) is 6.20. The van der Waals surface area contributed by atoms with E-state index in [1.54, 1.807) is 0 Å². The van der Waals surface area contributed by atoms with Crippen molar-refractivity contribution in [3.05, 3.63) is 0 Å². The average molecular weight is 340 g/mol. The molecule has 1 aliphatic carbocycles. The van der Waals surface area contributed by atoms with Crippen LogP contribution in [0.2, 0.25) is 0 Å². The van der Waals surface area contributed by atoms with E-state index in [-0.39, 0.29) is 17.4 Å². The molecule has 6 heteroatoms. The summed E-state index contributed by atoms with van der Waals surface area (Å²) in [5, 5.41) is 0.699. The lowest BCUT2D eigenvalue weighted by atomic mass is 9.84. The van der Waals surface area contributed by atoms with Crippen LogP contribution in [0.3, 0.4) is 0 Å². The Kier molecular flexibility index (Phi) is 5.08. The molecular weight excluding hydrogens is 318 g/mol. The Morgan fingerprint density at radius 2 is 1.94 bits per heavy atom. The Bertz CT molecular complexity index is 360. The first-order valence-electron chi connectivity index (χ1n) is 6.74. The van der Waals surface area contributed by atoms with Gasteiger partial charge < -0.3 is 4.74 Å². The molecule has 0 spiro atoms. The van der Waals surface area contributed by atoms with E-state index >= 15 is 0 Å². The number of ether oxygens (including phenoxy) is 1. The van der Waals surface area contributed by atoms with Crippen molar-refractivity contribution in [1.29, 1.82) is 0 Å². The van der Waals surface area contributed by atoms with E-state index in [0.29, 0.717) is 11.9 Å². The zero-order valence-electron chi connectivity index (χ0n) is 10.7. The van der Waals surface area contributed by atoms with E-state index in [2.05, 4.69) is 20.7 Å². The molecule has 1 aliphatic heterocycles. The normalized spacial score (nSPS) is 28.4. The van der Waals surface area contributed by atoms with Crippen LogP contribution in [0.1, 0.15) is 44.9 Å². The third-order valence-corrected chi connectivity index (χ3v) is 6.50. The highest BCUT2D eigenvalue weighted by Gasteiger charge is 2.36. The smallest absolute Gasteiger partial charge is 0.214 e. The number of hydrogen-bond acceptors (Lipinski definition) is 3. The van der Waals surface area contributed by atoms with Gasteiger partial charge in [0.2, 0.25) is 10.0 Å². The van der Waals surface area contributed by atoms with E-state index in [9.17, 15) is 8.42 Å². The van der Waals surface area contributed by atoms with Crippen molar-refractivity contribution in [3.63, 3.8) is 0 Å². The lowest BCUT2D eigenvalue weighted by molar-refractivity contribution is 0.127. The molecule has 2 fully saturated rings. The zero-order chi connectivity index (χ0) is 13.1. The van der Waals surface area contributed by atoms with Gasteiger partial charge >= 0.3 is 0 Å². The highest BCUT2D eigenvalue weighted by molar-refractivity contribution is 9.09. The molecule has 1 unspecified atom stereocenters. The lowest BCUT2D eigenvalue weighted by Crippen LogP contribution is -2.52. The number of rotatable bonds is 5. The van der Waals surface area contributed by atoms with Crippen LogP contribution in [0.15, 0.2) is 0 Å². The number of hydrogen-bond donors (Lipinski definition) is 1. The SMILES string of the molecule is O=S(=O)(CC1CCCO1)NC1(CBr)CCCCC1. The number of halogens is 1. The molecule has 0 aromatic carbocycles. The monoisotopic (exact) mass is 339 g/mol. The fraction of sp³-hybridized carbons (Fsp3) is 1.00. The summed E-state index contributed by atoms with van der Waals surface area (Å²) in [6.45, 7) is 0.698. The maximum absolute atomic E-state index is 12.2. The Morgan fingerprint density at radius 3 is 2.50 bits per heavy atom. The molecule has 106 valence electrons. The number of sulfonamides is 1. The van der Waals surface area contributed by atoms with Crippen LogP contribution in [-0.2, 0) is 14.8 Å². The maximum Gasteiger partial charge on any atom is 0.214 e. The summed E-state index contributed by atoms with van der Waals surface area (Å²) in [7, 11) is -3.24. The molecule has 4 nitrogen and oxygen atoms in total. The van der Waals surface area contributed by atoms with Crippen molar-refractivity contribution in [2.45, 2.75) is 56.6 Å². The predicted molar refractivity (Wildman–Crippen MR) is 75.5 cm³/mol. The van der Waals surface area contributed by atoms with Gasteiger partial charge in [0.15, 0.2) is 0 Å². The third kappa shape index (κ3) is 3.92. The molecule has 2 rings (SSSR count). The van der Waals surface area contributed by atoms with E-state index in [0.717, 1.165) is 38.5 Å². The molecule has 1 saturated heterocycles. The van der Waals surface area contributed by atoms with Gasteiger partial charge in [0.05, 0.1) is 11.9 Å². The zero-order valence-corrected chi connectivity index (χ0v) is 13.1. The minimum atomic E-state index is -3.24. The molecule has 1 saturated carbocycles. The van der Waals surface area contributed by atoms with Crippen molar-refractivity contribution in [1.82, 2.24) is 4.72 Å². The summed E-state index contributed by atoms with van der Waals surface area (Å²) in [6.07, 6.45) is 7.01. The van der Waals surface area contributed by atoms with Crippen LogP contribution < -0.4 is 4.72 Å². The Labute approximate surface area is 118 Å². The van der Waals surface area contributed by atoms with Crippen LogP contribution in [-0.4, -0.2) is 37.8 Å². The first kappa shape index (κ1) is 14.8. The fourth-order valence-corrected chi connectivity index (χ4v) is 5.54. The largest absolute Gasteiger partial charge is 0.377 e. The topological polar surface area (TPSA) is 55.4 Å². The average Bonchev–Trinajstić information content (AvgIpc) is 2.81. The van der Waals surface area contributed by atoms with E-state index in [4.69, 9.17) is 4.74 Å². The van der Waals surface area contributed by atoms with E-state index in [1.165, 1.54) is 6.42 Å². The minimum absolute atomic E-state index is 0.113. The summed E-state index contributed by atoms with van der Waals surface area (Å²) < 4.78 is 32.8. The van der Waals surface area contributed by atoms with E-state index < -0.39 is 10.0 Å². The maximum atomic E-state index is 12.2. The Morgan fingerprint density at radius 1 is 1.22 bits per heavy atom. The quantitative estimate of drug-likeness (QED) is 0.781. The summed E-state index contributed by atoms with van der Waals surface area (Å²) in [5.74, 6) is 0.113. The van der Waals surface area contributed by atoms with Gasteiger partial charge in [-0.25, -0.2) is 13.1 Å². The standard InChI is InChI=1S/C12H22BrNO3S/c13-10-12(6-2-1-3-7-12)14-18(15,16)9-11-5-4-8-17-11/h11,14H,1-10H2. The second-order valence-corrected chi connectivity index (χ2v) is 7.82. The van der Waals surface area contributed by atoms with Crippen LogP contribution in [0.5, 0.6) is 0 Å². The van der Waals surface area contributed by atoms with Crippen LogP contribution >= 0.6 is 15.9 Å². The van der Waals surface area contributed by atoms with Crippen LogP contribution in [0, 0.1) is 0 Å². The first-order chi connectivity index (χ1) is 8.55. The van der Waals surface area contributed by atoms with Gasteiger partial charge in [0, 0.05) is 17.5 Å². The van der Waals surface area contributed by atoms with Crippen LogP contribution in [0.25, 0.3) is 0 Å². The summed E-state index contributed by atoms with van der Waals surface area (Å²) in [5.41, 5.74) is -0.268. The van der Waals surface area contributed by atoms with Gasteiger partial charge in [-0.3, -0.25) is 0 Å². The molecule has 0 aromatic rings. The summed E-state index contributed by atoms with van der Waals surface area (Å²) in [4.78, 5) is 0. The summed E-state index contributed by atoms with van der Waals surface area (Å²) in [6, 6.07) is 0. The number of nitrogens with one attached hydrogen (secondary N) is 1. The second-order valence-electron chi connectivity index (χ2n) is 5.49. The molecule has 0 amide bonds. The number of alkyl halides is 1. The minimum Gasteiger partial charge on any atom is -0.377 e. The van der Waals surface area contributed by atoms with Crippen molar-refractivity contribution in [2.24, 2.45) is 0 Å². The Balaban J connectivity index is 1.96. The lowest BCUT2D eigenvalue weighted by Gasteiger charge is -2.36. The molecule has 2 aliphatic rings. The molecule has 0 aromatic heterocycles. The first-order valence-corrected chi connectivity index (χ1v) is 9.52. The van der Waals surface area contributed by atoms with Gasteiger partial charge in [-0.15, -0.1) is 0 Å².